The van der Waals surface area contributed by atoms with Gasteiger partial charge in [0.05, 0.1) is 26.0 Å². The molecular weight excluding hydrogens is 260 g/mol. The molecule has 1 saturated carbocycles. The Balaban J connectivity index is 2.33. The number of aliphatic hydroxyl groups excluding tert-OH is 1. The van der Waals surface area contributed by atoms with E-state index < -0.39 is 11.7 Å². The van der Waals surface area contributed by atoms with Gasteiger partial charge in [0.15, 0.2) is 0 Å². The number of hydrogen-bond donors (Lipinski definition) is 1. The van der Waals surface area contributed by atoms with Gasteiger partial charge in [0.2, 0.25) is 11.8 Å². The van der Waals surface area contributed by atoms with Crippen LogP contribution in [0.5, 0.6) is 11.8 Å². The Morgan fingerprint density at radius 3 is 2.40 bits per heavy atom. The zero-order valence-corrected chi connectivity index (χ0v) is 12.3. The highest BCUT2D eigenvalue weighted by molar-refractivity contribution is 5.27. The predicted octanol–water partition coefficient (Wildman–Crippen LogP) is 1.88. The van der Waals surface area contributed by atoms with Crippen LogP contribution in [0.4, 0.5) is 0 Å². The number of methoxy groups -OCH3 is 3. The smallest absolute Gasteiger partial charge is 0.241 e. The van der Waals surface area contributed by atoms with Crippen molar-refractivity contribution in [1.82, 2.24) is 9.97 Å². The highest BCUT2D eigenvalue weighted by Crippen LogP contribution is 2.42. The third-order valence-electron chi connectivity index (χ3n) is 4.01. The summed E-state index contributed by atoms with van der Waals surface area (Å²) in [7, 11) is 4.65. The second kappa shape index (κ2) is 6.37. The molecular formula is C14H22N2O4. The highest BCUT2D eigenvalue weighted by Gasteiger charge is 2.42. The summed E-state index contributed by atoms with van der Waals surface area (Å²) in [5.74, 6) is 0.631. The molecule has 1 fully saturated rings. The number of nitrogens with zero attached hydrogens (tertiary/aromatic N) is 2. The summed E-state index contributed by atoms with van der Waals surface area (Å²) in [6, 6.07) is 0. The number of rotatable bonds is 5. The number of ether oxygens (including phenoxy) is 3. The van der Waals surface area contributed by atoms with Crippen molar-refractivity contribution in [3.63, 3.8) is 0 Å². The summed E-state index contributed by atoms with van der Waals surface area (Å²) in [5.41, 5.74) is -0.202. The Labute approximate surface area is 119 Å². The fourth-order valence-corrected chi connectivity index (χ4v) is 2.79. The van der Waals surface area contributed by atoms with Crippen LogP contribution in [0, 0.1) is 0 Å². The lowest BCUT2D eigenvalue weighted by molar-refractivity contribution is -0.127. The minimum absolute atomic E-state index is 0.277. The first-order chi connectivity index (χ1) is 9.66. The third-order valence-corrected chi connectivity index (χ3v) is 4.01. The Hall–Kier alpha value is -1.40. The molecule has 1 heterocycles. The minimum Gasteiger partial charge on any atom is -0.480 e. The van der Waals surface area contributed by atoms with Gasteiger partial charge in [-0.3, -0.25) is 0 Å². The lowest BCUT2D eigenvalue weighted by Crippen LogP contribution is -2.41. The van der Waals surface area contributed by atoms with E-state index in [1.165, 1.54) is 26.8 Å². The Morgan fingerprint density at radius 1 is 1.15 bits per heavy atom. The molecule has 1 aromatic heterocycles. The third kappa shape index (κ3) is 2.71. The largest absolute Gasteiger partial charge is 0.480 e. The molecule has 0 amide bonds. The average Bonchev–Trinajstić information content (AvgIpc) is 2.54. The van der Waals surface area contributed by atoms with Crippen molar-refractivity contribution in [2.75, 3.05) is 21.3 Å². The van der Waals surface area contributed by atoms with Crippen LogP contribution in [0.1, 0.15) is 43.9 Å². The summed E-state index contributed by atoms with van der Waals surface area (Å²) in [6.45, 7) is 0. The van der Waals surface area contributed by atoms with E-state index in [9.17, 15) is 5.11 Å². The summed E-state index contributed by atoms with van der Waals surface area (Å²) < 4.78 is 15.9. The van der Waals surface area contributed by atoms with Crippen LogP contribution < -0.4 is 9.47 Å². The van der Waals surface area contributed by atoms with E-state index in [0.717, 1.165) is 25.7 Å². The van der Waals surface area contributed by atoms with Crippen molar-refractivity contribution in [1.29, 1.82) is 0 Å². The lowest BCUT2D eigenvalue weighted by atomic mass is 9.79. The molecule has 1 aromatic rings. The van der Waals surface area contributed by atoms with Crippen molar-refractivity contribution in [3.05, 3.63) is 11.9 Å². The summed E-state index contributed by atoms with van der Waals surface area (Å²) in [4.78, 5) is 8.41. The van der Waals surface area contributed by atoms with Crippen LogP contribution in [0.3, 0.4) is 0 Å². The molecule has 1 aliphatic carbocycles. The topological polar surface area (TPSA) is 73.7 Å². The zero-order chi connectivity index (χ0) is 14.6. The first-order valence-corrected chi connectivity index (χ1v) is 6.85. The van der Waals surface area contributed by atoms with Gasteiger partial charge in [-0.15, -0.1) is 0 Å². The van der Waals surface area contributed by atoms with E-state index in [2.05, 4.69) is 9.97 Å². The van der Waals surface area contributed by atoms with E-state index in [4.69, 9.17) is 14.2 Å². The number of aromatic nitrogens is 2. The molecule has 0 spiro atoms. The molecule has 1 aliphatic rings. The van der Waals surface area contributed by atoms with Gasteiger partial charge in [-0.2, -0.15) is 4.98 Å². The molecule has 0 aliphatic heterocycles. The minimum atomic E-state index is -0.860. The Bertz CT molecular complexity index is 447. The van der Waals surface area contributed by atoms with Gasteiger partial charge >= 0.3 is 0 Å². The van der Waals surface area contributed by atoms with Gasteiger partial charge in [0.1, 0.15) is 11.8 Å². The molecule has 6 nitrogen and oxygen atoms in total. The van der Waals surface area contributed by atoms with Crippen molar-refractivity contribution in [2.24, 2.45) is 0 Å². The molecule has 1 N–H and O–H groups in total. The standard InChI is InChI=1S/C14H22N2O4/c1-18-10-9-15-11(13(16-10)19-2)12(17)14(20-3)7-5-4-6-8-14/h9,12,17H,4-8H2,1-3H3. The molecule has 112 valence electrons. The van der Waals surface area contributed by atoms with Gasteiger partial charge in [-0.1, -0.05) is 19.3 Å². The second-order valence-corrected chi connectivity index (χ2v) is 5.04. The summed E-state index contributed by atoms with van der Waals surface area (Å²) >= 11 is 0. The quantitative estimate of drug-likeness (QED) is 0.889. The van der Waals surface area contributed by atoms with Crippen molar-refractivity contribution in [2.45, 2.75) is 43.8 Å². The normalized spacial score (nSPS) is 19.4. The lowest BCUT2D eigenvalue weighted by Gasteiger charge is -2.39. The zero-order valence-electron chi connectivity index (χ0n) is 12.3. The van der Waals surface area contributed by atoms with Crippen LogP contribution in [0.15, 0.2) is 6.20 Å². The van der Waals surface area contributed by atoms with Crippen LogP contribution >= 0.6 is 0 Å². The van der Waals surface area contributed by atoms with Crippen molar-refractivity contribution < 1.29 is 19.3 Å². The van der Waals surface area contributed by atoms with Crippen LogP contribution in [0.2, 0.25) is 0 Å². The Kier molecular flexibility index (Phi) is 4.77. The fourth-order valence-electron chi connectivity index (χ4n) is 2.79. The first-order valence-electron chi connectivity index (χ1n) is 6.85. The summed E-state index contributed by atoms with van der Waals surface area (Å²) in [6.07, 6.45) is 5.48. The van der Waals surface area contributed by atoms with E-state index in [1.807, 2.05) is 0 Å². The van der Waals surface area contributed by atoms with Gasteiger partial charge < -0.3 is 19.3 Å². The van der Waals surface area contributed by atoms with Gasteiger partial charge in [-0.05, 0) is 12.8 Å². The molecule has 1 unspecified atom stereocenters. The molecule has 0 radical (unpaired) electrons. The SMILES string of the molecule is COc1cnc(C(O)C2(OC)CCCCC2)c(OC)n1. The summed E-state index contributed by atoms with van der Waals surface area (Å²) in [5, 5.41) is 10.7. The molecule has 6 heteroatoms. The van der Waals surface area contributed by atoms with Crippen LogP contribution in [0.25, 0.3) is 0 Å². The first kappa shape index (κ1) is 15.0. The van der Waals surface area contributed by atoms with E-state index >= 15 is 0 Å². The fraction of sp³-hybridized carbons (Fsp3) is 0.714. The second-order valence-electron chi connectivity index (χ2n) is 5.04. The van der Waals surface area contributed by atoms with Crippen molar-refractivity contribution in [3.8, 4) is 11.8 Å². The Morgan fingerprint density at radius 2 is 1.85 bits per heavy atom. The molecule has 0 bridgehead atoms. The molecule has 20 heavy (non-hydrogen) atoms. The maximum Gasteiger partial charge on any atom is 0.241 e. The van der Waals surface area contributed by atoms with E-state index in [-0.39, 0.29) is 5.88 Å². The predicted molar refractivity (Wildman–Crippen MR) is 72.9 cm³/mol. The molecule has 0 saturated heterocycles. The van der Waals surface area contributed by atoms with Gasteiger partial charge in [-0.25, -0.2) is 4.98 Å². The maximum absolute atomic E-state index is 10.7. The van der Waals surface area contributed by atoms with E-state index in [0.29, 0.717) is 11.6 Å². The van der Waals surface area contributed by atoms with Gasteiger partial charge in [0, 0.05) is 7.11 Å². The molecule has 2 rings (SSSR count). The number of hydrogen-bond acceptors (Lipinski definition) is 6. The van der Waals surface area contributed by atoms with Gasteiger partial charge in [0.25, 0.3) is 0 Å². The average molecular weight is 282 g/mol. The van der Waals surface area contributed by atoms with Crippen LogP contribution in [-0.4, -0.2) is 42.0 Å². The maximum atomic E-state index is 10.7. The molecule has 0 aromatic carbocycles. The van der Waals surface area contributed by atoms with Crippen molar-refractivity contribution >= 4 is 0 Å². The van der Waals surface area contributed by atoms with Crippen LogP contribution in [-0.2, 0) is 4.74 Å². The molecule has 1 atom stereocenters. The monoisotopic (exact) mass is 282 g/mol. The van der Waals surface area contributed by atoms with E-state index in [1.54, 1.807) is 7.11 Å². The highest BCUT2D eigenvalue weighted by atomic mass is 16.5. The number of aliphatic hydroxyl groups is 1.